The van der Waals surface area contributed by atoms with Crippen molar-refractivity contribution in [3.8, 4) is 0 Å². The SMILES string of the molecule is O=C(O)CCCOS(=O)(=O)Cc1ccc(Cl)c(Cl)c1. The topological polar surface area (TPSA) is 80.7 Å². The Labute approximate surface area is 121 Å². The third-order valence-electron chi connectivity index (χ3n) is 2.13. The Bertz CT molecular complexity index is 556. The van der Waals surface area contributed by atoms with Crippen LogP contribution in [0.4, 0.5) is 0 Å². The van der Waals surface area contributed by atoms with Gasteiger partial charge in [-0.15, -0.1) is 0 Å². The van der Waals surface area contributed by atoms with E-state index >= 15 is 0 Å². The van der Waals surface area contributed by atoms with Crippen LogP contribution < -0.4 is 0 Å². The number of carbonyl (C=O) groups is 1. The fourth-order valence-corrected chi connectivity index (χ4v) is 2.65. The molecular weight excluding hydrogens is 315 g/mol. The van der Waals surface area contributed by atoms with Gasteiger partial charge >= 0.3 is 5.97 Å². The molecule has 5 nitrogen and oxygen atoms in total. The van der Waals surface area contributed by atoms with Crippen LogP contribution in [-0.2, 0) is 24.8 Å². The van der Waals surface area contributed by atoms with Gasteiger partial charge in [0.15, 0.2) is 0 Å². The largest absolute Gasteiger partial charge is 0.481 e. The van der Waals surface area contributed by atoms with E-state index in [1.165, 1.54) is 18.2 Å². The molecule has 0 spiro atoms. The molecule has 0 saturated carbocycles. The van der Waals surface area contributed by atoms with Crippen LogP contribution in [0.15, 0.2) is 18.2 Å². The van der Waals surface area contributed by atoms with Crippen LogP contribution in [0.1, 0.15) is 18.4 Å². The van der Waals surface area contributed by atoms with Gasteiger partial charge in [0.05, 0.1) is 16.7 Å². The van der Waals surface area contributed by atoms with Gasteiger partial charge in [0.2, 0.25) is 0 Å². The fraction of sp³-hybridized carbons (Fsp3) is 0.364. The van der Waals surface area contributed by atoms with Crippen molar-refractivity contribution in [2.24, 2.45) is 0 Å². The normalized spacial score (nSPS) is 11.5. The molecule has 0 radical (unpaired) electrons. The Morgan fingerprint density at radius 2 is 1.95 bits per heavy atom. The average molecular weight is 327 g/mol. The molecule has 0 heterocycles. The van der Waals surface area contributed by atoms with Crippen LogP contribution in [0.25, 0.3) is 0 Å². The molecule has 0 bridgehead atoms. The third-order valence-corrected chi connectivity index (χ3v) is 4.08. The number of carboxylic acids is 1. The second kappa shape index (κ2) is 7.09. The lowest BCUT2D eigenvalue weighted by Gasteiger charge is -2.06. The molecule has 0 fully saturated rings. The maximum Gasteiger partial charge on any atom is 0.303 e. The predicted molar refractivity (Wildman–Crippen MR) is 71.9 cm³/mol. The summed E-state index contributed by atoms with van der Waals surface area (Å²) >= 11 is 11.5. The molecule has 1 N–H and O–H groups in total. The number of carboxylic acid groups (broad SMARTS) is 1. The summed E-state index contributed by atoms with van der Waals surface area (Å²) in [6, 6.07) is 4.48. The highest BCUT2D eigenvalue weighted by molar-refractivity contribution is 7.85. The number of hydrogen-bond donors (Lipinski definition) is 1. The van der Waals surface area contributed by atoms with Crippen molar-refractivity contribution in [2.45, 2.75) is 18.6 Å². The van der Waals surface area contributed by atoms with E-state index in [0.717, 1.165) is 0 Å². The summed E-state index contributed by atoms with van der Waals surface area (Å²) in [5.41, 5.74) is 0.452. The minimum Gasteiger partial charge on any atom is -0.481 e. The average Bonchev–Trinajstić information content (AvgIpc) is 2.29. The number of halogens is 2. The number of rotatable bonds is 7. The molecule has 19 heavy (non-hydrogen) atoms. The van der Waals surface area contributed by atoms with Crippen molar-refractivity contribution >= 4 is 39.3 Å². The summed E-state index contributed by atoms with van der Waals surface area (Å²) in [5, 5.41) is 9.00. The standard InChI is InChI=1S/C11H12Cl2O5S/c12-9-4-3-8(6-10(9)13)7-19(16,17)18-5-1-2-11(14)15/h3-4,6H,1-2,5,7H2,(H,14,15). The molecular formula is C11H12Cl2O5S. The monoisotopic (exact) mass is 326 g/mol. The molecule has 0 aliphatic rings. The van der Waals surface area contributed by atoms with E-state index < -0.39 is 16.1 Å². The Hall–Kier alpha value is -0.820. The maximum atomic E-state index is 11.6. The highest BCUT2D eigenvalue weighted by atomic mass is 35.5. The summed E-state index contributed by atoms with van der Waals surface area (Å²) in [6.07, 6.45) is -0.00176. The highest BCUT2D eigenvalue weighted by Crippen LogP contribution is 2.23. The van der Waals surface area contributed by atoms with E-state index in [1.807, 2.05) is 0 Å². The van der Waals surface area contributed by atoms with Gasteiger partial charge in [-0.1, -0.05) is 29.3 Å². The van der Waals surface area contributed by atoms with Gasteiger partial charge in [-0.25, -0.2) is 0 Å². The Morgan fingerprint density at radius 3 is 2.53 bits per heavy atom. The van der Waals surface area contributed by atoms with Gasteiger partial charge in [0, 0.05) is 6.42 Å². The minimum absolute atomic E-state index is 0.135. The molecule has 0 aromatic heterocycles. The zero-order valence-electron chi connectivity index (χ0n) is 9.80. The number of aliphatic carboxylic acids is 1. The molecule has 0 aliphatic heterocycles. The van der Waals surface area contributed by atoms with E-state index in [9.17, 15) is 13.2 Å². The molecule has 0 unspecified atom stereocenters. The van der Waals surface area contributed by atoms with E-state index in [4.69, 9.17) is 28.3 Å². The lowest BCUT2D eigenvalue weighted by atomic mass is 10.2. The lowest BCUT2D eigenvalue weighted by molar-refractivity contribution is -0.137. The molecule has 1 rings (SSSR count). The van der Waals surface area contributed by atoms with Crippen molar-refractivity contribution in [1.29, 1.82) is 0 Å². The first kappa shape index (κ1) is 16.2. The maximum absolute atomic E-state index is 11.6. The molecule has 0 aliphatic carbocycles. The number of hydrogen-bond acceptors (Lipinski definition) is 4. The van der Waals surface area contributed by atoms with Crippen molar-refractivity contribution in [3.63, 3.8) is 0 Å². The fourth-order valence-electron chi connectivity index (χ4n) is 1.28. The van der Waals surface area contributed by atoms with Gasteiger partial charge < -0.3 is 5.11 Å². The summed E-state index contributed by atoms with van der Waals surface area (Å²) in [4.78, 5) is 10.3. The van der Waals surface area contributed by atoms with E-state index in [0.29, 0.717) is 10.6 Å². The lowest BCUT2D eigenvalue weighted by Crippen LogP contribution is -2.11. The first-order chi connectivity index (χ1) is 8.80. The van der Waals surface area contributed by atoms with E-state index in [2.05, 4.69) is 4.18 Å². The van der Waals surface area contributed by atoms with Crippen LogP contribution in [0.3, 0.4) is 0 Å². The molecule has 106 valence electrons. The second-order valence-corrected chi connectivity index (χ2v) is 6.22. The van der Waals surface area contributed by atoms with Crippen molar-refractivity contribution in [2.75, 3.05) is 6.61 Å². The molecule has 1 aromatic carbocycles. The van der Waals surface area contributed by atoms with Crippen molar-refractivity contribution in [1.82, 2.24) is 0 Å². The van der Waals surface area contributed by atoms with Gasteiger partial charge in [-0.3, -0.25) is 8.98 Å². The summed E-state index contributed by atoms with van der Waals surface area (Å²) in [6.45, 7) is -0.157. The van der Waals surface area contributed by atoms with Gasteiger partial charge in [0.1, 0.15) is 5.75 Å². The number of benzene rings is 1. The zero-order chi connectivity index (χ0) is 14.5. The van der Waals surface area contributed by atoms with E-state index in [1.54, 1.807) is 0 Å². The molecule has 8 heteroatoms. The summed E-state index contributed by atoms with van der Waals surface area (Å²) in [7, 11) is -3.76. The molecule has 1 aromatic rings. The predicted octanol–water partition coefficient (Wildman–Crippen LogP) is 2.70. The summed E-state index contributed by atoms with van der Waals surface area (Å²) in [5.74, 6) is -1.33. The Kier molecular flexibility index (Phi) is 6.06. The van der Waals surface area contributed by atoms with Crippen LogP contribution >= 0.6 is 23.2 Å². The molecule has 0 atom stereocenters. The van der Waals surface area contributed by atoms with Crippen LogP contribution in [0, 0.1) is 0 Å². The Balaban J connectivity index is 2.54. The first-order valence-corrected chi connectivity index (χ1v) is 7.66. The Morgan fingerprint density at radius 1 is 1.26 bits per heavy atom. The van der Waals surface area contributed by atoms with Crippen molar-refractivity contribution < 1.29 is 22.5 Å². The van der Waals surface area contributed by atoms with Gasteiger partial charge in [-0.05, 0) is 24.1 Å². The smallest absolute Gasteiger partial charge is 0.303 e. The zero-order valence-corrected chi connectivity index (χ0v) is 12.1. The first-order valence-electron chi connectivity index (χ1n) is 5.33. The molecule has 0 amide bonds. The summed E-state index contributed by atoms with van der Waals surface area (Å²) < 4.78 is 27.9. The second-order valence-electron chi connectivity index (χ2n) is 3.77. The third kappa shape index (κ3) is 6.24. The van der Waals surface area contributed by atoms with Crippen LogP contribution in [0.5, 0.6) is 0 Å². The van der Waals surface area contributed by atoms with E-state index in [-0.39, 0.29) is 30.2 Å². The van der Waals surface area contributed by atoms with Gasteiger partial charge in [-0.2, -0.15) is 8.42 Å². The molecule has 0 saturated heterocycles. The van der Waals surface area contributed by atoms with Crippen LogP contribution in [-0.4, -0.2) is 26.1 Å². The highest BCUT2D eigenvalue weighted by Gasteiger charge is 2.13. The minimum atomic E-state index is -3.76. The van der Waals surface area contributed by atoms with Crippen molar-refractivity contribution in [3.05, 3.63) is 33.8 Å². The van der Waals surface area contributed by atoms with Crippen LogP contribution in [0.2, 0.25) is 10.0 Å². The quantitative estimate of drug-likeness (QED) is 0.615. The van der Waals surface area contributed by atoms with Gasteiger partial charge in [0.25, 0.3) is 10.1 Å².